The summed E-state index contributed by atoms with van der Waals surface area (Å²) >= 11 is 0. The van der Waals surface area contributed by atoms with Crippen LogP contribution in [0.15, 0.2) is 24.3 Å². The average Bonchev–Trinajstić information content (AvgIpc) is 2.86. The van der Waals surface area contributed by atoms with Crippen molar-refractivity contribution < 1.29 is 8.78 Å². The van der Waals surface area contributed by atoms with Gasteiger partial charge in [-0.3, -0.25) is 0 Å². The zero-order valence-electron chi connectivity index (χ0n) is 7.81. The predicted molar refractivity (Wildman–Crippen MR) is 50.6 cm³/mol. The molecular formula is C11H16F2. The molecule has 0 aliphatic heterocycles. The molecule has 0 aromatic carbocycles. The molecule has 1 fully saturated rings. The maximum atomic E-state index is 11.5. The molecule has 0 nitrogen and oxygen atoms in total. The Bertz CT molecular complexity index is 186. The summed E-state index contributed by atoms with van der Waals surface area (Å²) in [6.45, 7) is 0. The highest BCUT2D eigenvalue weighted by atomic mass is 19.3. The van der Waals surface area contributed by atoms with Crippen molar-refractivity contribution in [1.82, 2.24) is 0 Å². The first-order valence-electron chi connectivity index (χ1n) is 4.97. The third kappa shape index (κ3) is 6.50. The van der Waals surface area contributed by atoms with E-state index in [0.717, 1.165) is 24.8 Å². The SMILES string of the molecule is FC(F)=CC=CCCCCC1CC1. The van der Waals surface area contributed by atoms with Crippen molar-refractivity contribution in [3.63, 3.8) is 0 Å². The first kappa shape index (κ1) is 10.4. The normalized spacial score (nSPS) is 16.5. The molecule has 0 atom stereocenters. The highest BCUT2D eigenvalue weighted by molar-refractivity contribution is 5.02. The average molecular weight is 186 g/mol. The Hall–Kier alpha value is -0.660. The van der Waals surface area contributed by atoms with Crippen LogP contribution in [-0.4, -0.2) is 0 Å². The van der Waals surface area contributed by atoms with Crippen molar-refractivity contribution in [3.8, 4) is 0 Å². The van der Waals surface area contributed by atoms with Crippen LogP contribution in [0, 0.1) is 5.92 Å². The zero-order valence-corrected chi connectivity index (χ0v) is 7.81. The molecule has 0 aromatic heterocycles. The molecule has 0 bridgehead atoms. The third-order valence-electron chi connectivity index (χ3n) is 2.29. The van der Waals surface area contributed by atoms with Crippen LogP contribution in [0.3, 0.4) is 0 Å². The lowest BCUT2D eigenvalue weighted by Crippen LogP contribution is -1.77. The maximum absolute atomic E-state index is 11.5. The molecule has 0 amide bonds. The van der Waals surface area contributed by atoms with E-state index in [9.17, 15) is 8.78 Å². The highest BCUT2D eigenvalue weighted by Crippen LogP contribution is 2.33. The lowest BCUT2D eigenvalue weighted by Gasteiger charge is -1.94. The Balaban J connectivity index is 1.87. The van der Waals surface area contributed by atoms with Crippen molar-refractivity contribution in [2.45, 2.75) is 38.5 Å². The van der Waals surface area contributed by atoms with Gasteiger partial charge in [0.1, 0.15) is 0 Å². The summed E-state index contributed by atoms with van der Waals surface area (Å²) in [6.07, 6.45) is 9.94. The van der Waals surface area contributed by atoms with Crippen LogP contribution in [0.25, 0.3) is 0 Å². The number of halogens is 2. The van der Waals surface area contributed by atoms with E-state index in [2.05, 4.69) is 0 Å². The number of hydrogen-bond acceptors (Lipinski definition) is 0. The summed E-state index contributed by atoms with van der Waals surface area (Å²) in [7, 11) is 0. The van der Waals surface area contributed by atoms with Gasteiger partial charge in [0.25, 0.3) is 6.08 Å². The van der Waals surface area contributed by atoms with E-state index < -0.39 is 6.08 Å². The third-order valence-corrected chi connectivity index (χ3v) is 2.29. The standard InChI is InChI=1S/C11H16F2/c12-11(13)7-5-3-1-2-4-6-10-8-9-10/h3,5,7,10H,1-2,4,6,8-9H2. The first-order valence-corrected chi connectivity index (χ1v) is 4.97. The Labute approximate surface area is 78.3 Å². The summed E-state index contributed by atoms with van der Waals surface area (Å²) in [5.41, 5.74) is 0. The van der Waals surface area contributed by atoms with E-state index in [1.165, 1.54) is 31.8 Å². The minimum atomic E-state index is -1.62. The number of unbranched alkanes of at least 4 members (excludes halogenated alkanes) is 2. The lowest BCUT2D eigenvalue weighted by molar-refractivity contribution is 0.422. The van der Waals surface area contributed by atoms with Crippen LogP contribution in [0.2, 0.25) is 0 Å². The quantitative estimate of drug-likeness (QED) is 0.428. The van der Waals surface area contributed by atoms with Crippen LogP contribution < -0.4 is 0 Å². The number of rotatable bonds is 6. The largest absolute Gasteiger partial charge is 0.270 e. The fraction of sp³-hybridized carbons (Fsp3) is 0.636. The Morgan fingerprint density at radius 2 is 2.00 bits per heavy atom. The molecule has 13 heavy (non-hydrogen) atoms. The molecule has 1 aliphatic carbocycles. The minimum Gasteiger partial charge on any atom is -0.173 e. The molecule has 0 aromatic rings. The monoisotopic (exact) mass is 186 g/mol. The molecule has 2 heteroatoms. The van der Waals surface area contributed by atoms with Crippen molar-refractivity contribution in [2.24, 2.45) is 5.92 Å². The second-order valence-electron chi connectivity index (χ2n) is 3.61. The maximum Gasteiger partial charge on any atom is 0.270 e. The summed E-state index contributed by atoms with van der Waals surface area (Å²) < 4.78 is 23.1. The van der Waals surface area contributed by atoms with E-state index in [0.29, 0.717) is 0 Å². The molecule has 1 saturated carbocycles. The van der Waals surface area contributed by atoms with Gasteiger partial charge in [-0.25, -0.2) is 0 Å². The van der Waals surface area contributed by atoms with Gasteiger partial charge >= 0.3 is 0 Å². The lowest BCUT2D eigenvalue weighted by atomic mass is 10.1. The molecule has 0 unspecified atom stereocenters. The topological polar surface area (TPSA) is 0 Å². The van der Waals surface area contributed by atoms with Gasteiger partial charge in [0.2, 0.25) is 0 Å². The van der Waals surface area contributed by atoms with Crippen molar-refractivity contribution >= 4 is 0 Å². The second kappa shape index (κ2) is 5.90. The van der Waals surface area contributed by atoms with Crippen LogP contribution in [0.1, 0.15) is 38.5 Å². The summed E-state index contributed by atoms with van der Waals surface area (Å²) in [4.78, 5) is 0. The summed E-state index contributed by atoms with van der Waals surface area (Å²) in [5, 5.41) is 0. The van der Waals surface area contributed by atoms with Crippen LogP contribution in [0.4, 0.5) is 8.78 Å². The Morgan fingerprint density at radius 3 is 2.62 bits per heavy atom. The number of allylic oxidation sites excluding steroid dienone is 3. The van der Waals surface area contributed by atoms with E-state index in [1.54, 1.807) is 0 Å². The Kier molecular flexibility index (Phi) is 4.73. The van der Waals surface area contributed by atoms with E-state index >= 15 is 0 Å². The minimum absolute atomic E-state index is 0.848. The van der Waals surface area contributed by atoms with Gasteiger partial charge in [-0.2, -0.15) is 8.78 Å². The second-order valence-corrected chi connectivity index (χ2v) is 3.61. The summed E-state index contributed by atoms with van der Waals surface area (Å²) in [5.74, 6) is 0.993. The number of hydrogen-bond donors (Lipinski definition) is 0. The molecule has 0 radical (unpaired) electrons. The predicted octanol–water partition coefficient (Wildman–Crippen LogP) is 4.29. The molecule has 0 spiro atoms. The van der Waals surface area contributed by atoms with Gasteiger partial charge in [0.05, 0.1) is 0 Å². The van der Waals surface area contributed by atoms with Gasteiger partial charge in [-0.1, -0.05) is 37.8 Å². The van der Waals surface area contributed by atoms with Gasteiger partial charge in [-0.05, 0) is 18.8 Å². The van der Waals surface area contributed by atoms with Gasteiger partial charge in [0, 0.05) is 6.08 Å². The van der Waals surface area contributed by atoms with E-state index in [1.807, 2.05) is 6.08 Å². The van der Waals surface area contributed by atoms with Crippen molar-refractivity contribution in [3.05, 3.63) is 24.3 Å². The fourth-order valence-electron chi connectivity index (χ4n) is 1.34. The highest BCUT2D eigenvalue weighted by Gasteiger charge is 2.19. The van der Waals surface area contributed by atoms with Crippen molar-refractivity contribution in [1.29, 1.82) is 0 Å². The smallest absolute Gasteiger partial charge is 0.173 e. The van der Waals surface area contributed by atoms with Crippen LogP contribution in [0.5, 0.6) is 0 Å². The van der Waals surface area contributed by atoms with Crippen LogP contribution >= 0.6 is 0 Å². The molecule has 1 aliphatic rings. The van der Waals surface area contributed by atoms with Crippen LogP contribution in [-0.2, 0) is 0 Å². The molecule has 1 rings (SSSR count). The van der Waals surface area contributed by atoms with E-state index in [-0.39, 0.29) is 0 Å². The molecule has 74 valence electrons. The zero-order chi connectivity index (χ0) is 9.52. The van der Waals surface area contributed by atoms with Gasteiger partial charge < -0.3 is 0 Å². The Morgan fingerprint density at radius 1 is 1.23 bits per heavy atom. The van der Waals surface area contributed by atoms with E-state index in [4.69, 9.17) is 0 Å². The molecule has 0 saturated heterocycles. The van der Waals surface area contributed by atoms with Crippen molar-refractivity contribution in [2.75, 3.05) is 0 Å². The molecular weight excluding hydrogens is 170 g/mol. The molecule has 0 heterocycles. The summed E-state index contributed by atoms with van der Waals surface area (Å²) in [6, 6.07) is 0. The molecule has 0 N–H and O–H groups in total. The van der Waals surface area contributed by atoms with Gasteiger partial charge in [-0.15, -0.1) is 0 Å². The first-order chi connectivity index (χ1) is 6.29. The van der Waals surface area contributed by atoms with Gasteiger partial charge in [0.15, 0.2) is 0 Å². The fourth-order valence-corrected chi connectivity index (χ4v) is 1.34.